The first-order chi connectivity index (χ1) is 12.7. The maximum absolute atomic E-state index is 8.94. The van der Waals surface area contributed by atoms with Gasteiger partial charge in [-0.2, -0.15) is 0 Å². The molecule has 0 heterocycles. The number of thioether (sulfide) groups is 1. The lowest BCUT2D eigenvalue weighted by Crippen LogP contribution is -2.18. The second-order valence-corrected chi connectivity index (χ2v) is 5.92. The van der Waals surface area contributed by atoms with Gasteiger partial charge in [-0.15, -0.1) is 0 Å². The summed E-state index contributed by atoms with van der Waals surface area (Å²) >= 11 is 1.41. The SMILES string of the molecule is CNc1cccc(C)c1CN=C(S/C=C/O)c1ccccc1.NNC=O. The Bertz CT molecular complexity index is 734. The molecule has 5 N–H and O–H groups in total. The standard InChI is InChI=1S/C18H20N2OS.CH4N2O/c1-14-7-6-10-17(19-2)16(14)13-20-18(22-12-11-21)15-8-4-3-5-9-15;2-3-1-4/h3-12,19,21H,13H2,1-2H3;1H,2H2,(H,3,4)/b12-11+,20-18?;. The number of hydrazine groups is 1. The van der Waals surface area contributed by atoms with Gasteiger partial charge >= 0.3 is 0 Å². The fourth-order valence-electron chi connectivity index (χ4n) is 2.17. The summed E-state index contributed by atoms with van der Waals surface area (Å²) < 4.78 is 0. The second-order valence-electron chi connectivity index (χ2n) is 5.03. The number of amides is 1. The lowest BCUT2D eigenvalue weighted by atomic mass is 10.1. The van der Waals surface area contributed by atoms with Gasteiger partial charge in [0.1, 0.15) is 5.04 Å². The van der Waals surface area contributed by atoms with Crippen molar-refractivity contribution in [1.82, 2.24) is 5.43 Å². The van der Waals surface area contributed by atoms with Crippen LogP contribution < -0.4 is 16.6 Å². The van der Waals surface area contributed by atoms with E-state index in [1.165, 1.54) is 22.9 Å². The van der Waals surface area contributed by atoms with E-state index in [0.717, 1.165) is 22.6 Å². The summed E-state index contributed by atoms with van der Waals surface area (Å²) in [5, 5.41) is 14.6. The maximum atomic E-state index is 8.94. The molecule has 0 saturated heterocycles. The molecule has 26 heavy (non-hydrogen) atoms. The second kappa shape index (κ2) is 12.6. The lowest BCUT2D eigenvalue weighted by molar-refractivity contribution is -0.109. The summed E-state index contributed by atoms with van der Waals surface area (Å²) in [4.78, 5) is 13.7. The van der Waals surface area contributed by atoms with Crippen LogP contribution >= 0.6 is 11.8 Å². The number of carbonyl (C=O) groups excluding carboxylic acids is 1. The van der Waals surface area contributed by atoms with Crippen LogP contribution in [0.25, 0.3) is 0 Å². The van der Waals surface area contributed by atoms with Crippen LogP contribution in [0.4, 0.5) is 5.69 Å². The van der Waals surface area contributed by atoms with Crippen LogP contribution in [0.1, 0.15) is 16.7 Å². The number of nitrogens with zero attached hydrogens (tertiary/aromatic N) is 1. The highest BCUT2D eigenvalue weighted by Crippen LogP contribution is 2.22. The van der Waals surface area contributed by atoms with Gasteiger partial charge in [0.25, 0.3) is 0 Å². The molecule has 0 atom stereocenters. The van der Waals surface area contributed by atoms with Crippen molar-refractivity contribution in [1.29, 1.82) is 0 Å². The summed E-state index contributed by atoms with van der Waals surface area (Å²) in [5.74, 6) is 4.41. The molecule has 0 saturated carbocycles. The largest absolute Gasteiger partial charge is 0.515 e. The monoisotopic (exact) mass is 372 g/mol. The number of nitrogens with two attached hydrogens (primary N) is 1. The molecule has 0 aliphatic carbocycles. The van der Waals surface area contributed by atoms with Crippen molar-refractivity contribution in [2.45, 2.75) is 13.5 Å². The molecule has 0 aromatic heterocycles. The van der Waals surface area contributed by atoms with Crippen LogP contribution in [0.2, 0.25) is 0 Å². The molecular weight excluding hydrogens is 348 g/mol. The molecule has 0 radical (unpaired) electrons. The van der Waals surface area contributed by atoms with Crippen LogP contribution in [-0.4, -0.2) is 23.6 Å². The maximum Gasteiger partial charge on any atom is 0.221 e. The van der Waals surface area contributed by atoms with Gasteiger partial charge in [-0.3, -0.25) is 15.2 Å². The molecule has 2 aromatic rings. The number of carbonyl (C=O) groups is 1. The number of rotatable bonds is 6. The number of hydrogen-bond acceptors (Lipinski definition) is 6. The number of aryl methyl sites for hydroxylation is 1. The summed E-state index contributed by atoms with van der Waals surface area (Å²) in [7, 11) is 1.92. The highest BCUT2D eigenvalue weighted by Gasteiger charge is 2.06. The molecule has 6 nitrogen and oxygen atoms in total. The number of benzene rings is 2. The third-order valence-electron chi connectivity index (χ3n) is 3.39. The van der Waals surface area contributed by atoms with Gasteiger partial charge in [0.15, 0.2) is 0 Å². The minimum absolute atomic E-state index is 0.403. The van der Waals surface area contributed by atoms with E-state index in [1.54, 1.807) is 10.8 Å². The molecule has 2 aromatic carbocycles. The summed E-state index contributed by atoms with van der Waals surface area (Å²) in [6.07, 6.45) is 1.44. The van der Waals surface area contributed by atoms with Crippen LogP contribution in [0, 0.1) is 6.92 Å². The Morgan fingerprint density at radius 3 is 2.50 bits per heavy atom. The van der Waals surface area contributed by atoms with Crippen molar-refractivity contribution < 1.29 is 9.90 Å². The molecule has 0 aliphatic heterocycles. The minimum atomic E-state index is 0.403. The highest BCUT2D eigenvalue weighted by atomic mass is 32.2. The van der Waals surface area contributed by atoms with E-state index in [1.807, 2.05) is 43.4 Å². The topological polar surface area (TPSA) is 99.7 Å². The predicted octanol–water partition coefficient (Wildman–Crippen LogP) is 3.35. The van der Waals surface area contributed by atoms with Crippen molar-refractivity contribution >= 4 is 28.9 Å². The third kappa shape index (κ3) is 7.00. The number of aliphatic hydroxyl groups excluding tert-OH is 1. The van der Waals surface area contributed by atoms with Gasteiger partial charge in [0.05, 0.1) is 12.8 Å². The molecule has 0 aliphatic rings. The van der Waals surface area contributed by atoms with Crippen LogP contribution in [-0.2, 0) is 11.3 Å². The van der Waals surface area contributed by atoms with E-state index >= 15 is 0 Å². The van der Waals surface area contributed by atoms with Gasteiger partial charge < -0.3 is 10.4 Å². The van der Waals surface area contributed by atoms with E-state index < -0.39 is 0 Å². The van der Waals surface area contributed by atoms with E-state index in [2.05, 4.69) is 30.2 Å². The predicted molar refractivity (Wildman–Crippen MR) is 110 cm³/mol. The van der Waals surface area contributed by atoms with E-state index in [-0.39, 0.29) is 0 Å². The van der Waals surface area contributed by atoms with E-state index in [9.17, 15) is 0 Å². The fourth-order valence-corrected chi connectivity index (χ4v) is 2.77. The summed E-state index contributed by atoms with van der Waals surface area (Å²) in [6, 6.07) is 16.2. The number of nitrogens with one attached hydrogen (secondary N) is 2. The molecule has 1 amide bonds. The Morgan fingerprint density at radius 1 is 1.23 bits per heavy atom. The van der Waals surface area contributed by atoms with Crippen molar-refractivity contribution in [3.8, 4) is 0 Å². The van der Waals surface area contributed by atoms with Crippen LogP contribution in [0.15, 0.2) is 65.2 Å². The number of aliphatic imine (C=N–C) groups is 1. The van der Waals surface area contributed by atoms with Crippen molar-refractivity contribution in [2.24, 2.45) is 10.8 Å². The Morgan fingerprint density at radius 2 is 1.92 bits per heavy atom. The fraction of sp³-hybridized carbons (Fsp3) is 0.158. The number of aliphatic hydroxyl groups is 1. The quantitative estimate of drug-likeness (QED) is 0.119. The summed E-state index contributed by atoms with van der Waals surface area (Å²) in [6.45, 7) is 2.69. The normalized spacial score (nSPS) is 10.8. The Kier molecular flexibility index (Phi) is 10.3. The number of hydrogen-bond donors (Lipinski definition) is 4. The van der Waals surface area contributed by atoms with Crippen LogP contribution in [0.3, 0.4) is 0 Å². The van der Waals surface area contributed by atoms with Crippen LogP contribution in [0.5, 0.6) is 0 Å². The summed E-state index contributed by atoms with van der Waals surface area (Å²) in [5.41, 5.74) is 6.29. The molecule has 2 rings (SSSR count). The van der Waals surface area contributed by atoms with Crippen molar-refractivity contribution in [2.75, 3.05) is 12.4 Å². The van der Waals surface area contributed by atoms with Gasteiger partial charge in [-0.1, -0.05) is 54.2 Å². The average molecular weight is 372 g/mol. The third-order valence-corrected chi connectivity index (χ3v) is 4.24. The molecule has 7 heteroatoms. The molecule has 0 spiro atoms. The Labute approximate surface area is 158 Å². The lowest BCUT2D eigenvalue weighted by Gasteiger charge is -2.11. The molecule has 138 valence electrons. The van der Waals surface area contributed by atoms with Gasteiger partial charge in [-0.25, -0.2) is 5.84 Å². The zero-order valence-corrected chi connectivity index (χ0v) is 15.7. The zero-order valence-electron chi connectivity index (χ0n) is 14.8. The first kappa shape index (κ1) is 21.3. The Balaban J connectivity index is 0.000000765. The highest BCUT2D eigenvalue weighted by molar-refractivity contribution is 8.16. The molecular formula is C19H24N4O2S. The van der Waals surface area contributed by atoms with Gasteiger partial charge in [-0.05, 0) is 24.1 Å². The first-order valence-electron chi connectivity index (χ1n) is 7.89. The van der Waals surface area contributed by atoms with Crippen molar-refractivity contribution in [3.05, 3.63) is 76.9 Å². The van der Waals surface area contributed by atoms with E-state index in [0.29, 0.717) is 13.0 Å². The minimum Gasteiger partial charge on any atom is -0.515 e. The average Bonchev–Trinajstić information content (AvgIpc) is 2.69. The van der Waals surface area contributed by atoms with E-state index in [4.69, 9.17) is 14.9 Å². The van der Waals surface area contributed by atoms with Crippen molar-refractivity contribution in [3.63, 3.8) is 0 Å². The van der Waals surface area contributed by atoms with Gasteiger partial charge in [0, 0.05) is 23.7 Å². The Hall–Kier alpha value is -2.77. The molecule has 0 bridgehead atoms. The first-order valence-corrected chi connectivity index (χ1v) is 8.77. The number of anilines is 1. The smallest absolute Gasteiger partial charge is 0.221 e. The zero-order chi connectivity index (χ0) is 19.2. The van der Waals surface area contributed by atoms with Gasteiger partial charge in [0.2, 0.25) is 6.41 Å². The molecule has 0 unspecified atom stereocenters. The molecule has 0 fully saturated rings.